The fourth-order valence-electron chi connectivity index (χ4n) is 2.51. The first-order valence-corrected chi connectivity index (χ1v) is 6.78. The number of nitrogens with one attached hydrogen (secondary N) is 1. The Morgan fingerprint density at radius 1 is 1.44 bits per heavy atom. The Bertz CT molecular complexity index is 375. The van der Waals surface area contributed by atoms with E-state index in [2.05, 4.69) is 19.2 Å². The van der Waals surface area contributed by atoms with Gasteiger partial charge in [-0.25, -0.2) is 4.39 Å². The minimum Gasteiger partial charge on any atom is -0.490 e. The van der Waals surface area contributed by atoms with Crippen molar-refractivity contribution in [2.45, 2.75) is 32.8 Å². The maximum atomic E-state index is 13.2. The van der Waals surface area contributed by atoms with E-state index in [9.17, 15) is 4.39 Å². The molecule has 2 rings (SSSR count). The maximum Gasteiger partial charge on any atom is 0.126 e. The quantitative estimate of drug-likeness (QED) is 0.867. The van der Waals surface area contributed by atoms with Gasteiger partial charge in [-0.3, -0.25) is 0 Å². The third-order valence-electron chi connectivity index (χ3n) is 3.41. The smallest absolute Gasteiger partial charge is 0.126 e. The van der Waals surface area contributed by atoms with E-state index in [1.54, 1.807) is 6.07 Å². The highest BCUT2D eigenvalue weighted by molar-refractivity contribution is 5.22. The second-order valence-electron chi connectivity index (χ2n) is 5.50. The number of rotatable bonds is 5. The van der Waals surface area contributed by atoms with Crippen LogP contribution in [0.25, 0.3) is 0 Å². The fourth-order valence-corrected chi connectivity index (χ4v) is 2.51. The van der Waals surface area contributed by atoms with E-state index in [0.29, 0.717) is 17.6 Å². The average molecular weight is 251 g/mol. The first kappa shape index (κ1) is 13.3. The minimum absolute atomic E-state index is 0.182. The van der Waals surface area contributed by atoms with Gasteiger partial charge in [-0.15, -0.1) is 0 Å². The van der Waals surface area contributed by atoms with Crippen LogP contribution in [-0.4, -0.2) is 19.2 Å². The Labute approximate surface area is 109 Å². The average Bonchev–Trinajstić information content (AvgIpc) is 2.80. The van der Waals surface area contributed by atoms with Gasteiger partial charge in [0.2, 0.25) is 0 Å². The van der Waals surface area contributed by atoms with Crippen molar-refractivity contribution < 1.29 is 9.13 Å². The van der Waals surface area contributed by atoms with Crippen LogP contribution >= 0.6 is 0 Å². The molecule has 0 saturated carbocycles. The van der Waals surface area contributed by atoms with Crippen LogP contribution in [0.1, 0.15) is 26.7 Å². The van der Waals surface area contributed by atoms with Gasteiger partial charge in [-0.1, -0.05) is 19.9 Å². The van der Waals surface area contributed by atoms with Crippen molar-refractivity contribution in [1.29, 1.82) is 0 Å². The van der Waals surface area contributed by atoms with Crippen molar-refractivity contribution in [2.24, 2.45) is 11.8 Å². The zero-order valence-corrected chi connectivity index (χ0v) is 11.2. The second kappa shape index (κ2) is 6.19. The Morgan fingerprint density at radius 3 is 2.89 bits per heavy atom. The largest absolute Gasteiger partial charge is 0.490 e. The van der Waals surface area contributed by atoms with Crippen molar-refractivity contribution >= 4 is 0 Å². The molecule has 1 aromatic rings. The van der Waals surface area contributed by atoms with Crippen LogP contribution in [0.2, 0.25) is 0 Å². The molecule has 3 heteroatoms. The molecule has 1 saturated heterocycles. The summed E-state index contributed by atoms with van der Waals surface area (Å²) in [7, 11) is 0. The zero-order valence-electron chi connectivity index (χ0n) is 11.2. The van der Waals surface area contributed by atoms with E-state index >= 15 is 0 Å². The van der Waals surface area contributed by atoms with Crippen molar-refractivity contribution in [3.8, 4) is 5.75 Å². The standard InChI is InChI=1S/C15H22FNO/c1-11(2)8-15(12-6-7-17-10-12)18-14-5-3-4-13(16)9-14/h3-5,9,11-12,15,17H,6-8,10H2,1-2H3/t12?,15-/m0/s1. The Morgan fingerprint density at radius 2 is 2.28 bits per heavy atom. The van der Waals surface area contributed by atoms with Crippen molar-refractivity contribution in [2.75, 3.05) is 13.1 Å². The molecular weight excluding hydrogens is 229 g/mol. The second-order valence-corrected chi connectivity index (χ2v) is 5.50. The monoisotopic (exact) mass is 251 g/mol. The predicted molar refractivity (Wildman–Crippen MR) is 71.2 cm³/mol. The lowest BCUT2D eigenvalue weighted by Gasteiger charge is -2.26. The van der Waals surface area contributed by atoms with Gasteiger partial charge >= 0.3 is 0 Å². The molecule has 2 nitrogen and oxygen atoms in total. The molecule has 0 aliphatic carbocycles. The van der Waals surface area contributed by atoms with E-state index in [4.69, 9.17) is 4.74 Å². The van der Waals surface area contributed by atoms with Crippen molar-refractivity contribution in [3.63, 3.8) is 0 Å². The minimum atomic E-state index is -0.236. The Hall–Kier alpha value is -1.09. The number of benzene rings is 1. The van der Waals surface area contributed by atoms with Gasteiger partial charge < -0.3 is 10.1 Å². The summed E-state index contributed by atoms with van der Waals surface area (Å²) in [5.74, 6) is 1.53. The molecule has 2 atom stereocenters. The third kappa shape index (κ3) is 3.70. The maximum absolute atomic E-state index is 13.2. The van der Waals surface area contributed by atoms with Gasteiger partial charge in [0.15, 0.2) is 0 Å². The van der Waals surface area contributed by atoms with Gasteiger partial charge in [0.25, 0.3) is 0 Å². The molecule has 1 unspecified atom stereocenters. The molecule has 0 amide bonds. The van der Waals surface area contributed by atoms with E-state index in [-0.39, 0.29) is 11.9 Å². The summed E-state index contributed by atoms with van der Waals surface area (Å²) in [4.78, 5) is 0. The lowest BCUT2D eigenvalue weighted by Crippen LogP contribution is -2.30. The highest BCUT2D eigenvalue weighted by Gasteiger charge is 2.27. The summed E-state index contributed by atoms with van der Waals surface area (Å²) in [5.41, 5.74) is 0. The van der Waals surface area contributed by atoms with Crippen LogP contribution in [0, 0.1) is 17.7 Å². The first-order valence-electron chi connectivity index (χ1n) is 6.78. The molecule has 0 bridgehead atoms. The van der Waals surface area contributed by atoms with Crippen LogP contribution in [0.5, 0.6) is 5.75 Å². The summed E-state index contributed by atoms with van der Waals surface area (Å²) < 4.78 is 19.2. The summed E-state index contributed by atoms with van der Waals surface area (Å²) in [6.45, 7) is 6.47. The molecule has 1 N–H and O–H groups in total. The fraction of sp³-hybridized carbons (Fsp3) is 0.600. The summed E-state index contributed by atoms with van der Waals surface area (Å²) >= 11 is 0. The van der Waals surface area contributed by atoms with Crippen molar-refractivity contribution in [1.82, 2.24) is 5.32 Å². The SMILES string of the molecule is CC(C)C[C@H](Oc1cccc(F)c1)C1CCNC1. The zero-order chi connectivity index (χ0) is 13.0. The topological polar surface area (TPSA) is 21.3 Å². The van der Waals surface area contributed by atoms with Gasteiger partial charge in [-0.2, -0.15) is 0 Å². The van der Waals surface area contributed by atoms with Gasteiger partial charge in [-0.05, 0) is 37.4 Å². The number of halogens is 1. The molecule has 18 heavy (non-hydrogen) atoms. The predicted octanol–water partition coefficient (Wildman–Crippen LogP) is 3.23. The van der Waals surface area contributed by atoms with Crippen LogP contribution in [0.3, 0.4) is 0 Å². The van der Waals surface area contributed by atoms with E-state index in [1.807, 2.05) is 6.07 Å². The first-order chi connectivity index (χ1) is 8.65. The molecule has 1 aromatic carbocycles. The molecule has 0 radical (unpaired) electrons. The number of hydrogen-bond donors (Lipinski definition) is 1. The van der Waals surface area contributed by atoms with Crippen LogP contribution in [-0.2, 0) is 0 Å². The highest BCUT2D eigenvalue weighted by atomic mass is 19.1. The van der Waals surface area contributed by atoms with Crippen LogP contribution < -0.4 is 10.1 Å². The van der Waals surface area contributed by atoms with Gasteiger partial charge in [0, 0.05) is 18.5 Å². The van der Waals surface area contributed by atoms with Crippen LogP contribution in [0.15, 0.2) is 24.3 Å². The molecular formula is C15H22FNO. The summed E-state index contributed by atoms with van der Waals surface area (Å²) in [6.07, 6.45) is 2.34. The normalized spacial score (nSPS) is 21.2. The summed E-state index contributed by atoms with van der Waals surface area (Å²) in [6, 6.07) is 6.44. The van der Waals surface area contributed by atoms with Crippen molar-refractivity contribution in [3.05, 3.63) is 30.1 Å². The molecule has 0 spiro atoms. The molecule has 1 aliphatic rings. The summed E-state index contributed by atoms with van der Waals surface area (Å²) in [5, 5.41) is 3.37. The Balaban J connectivity index is 2.04. The van der Waals surface area contributed by atoms with Gasteiger partial charge in [0.1, 0.15) is 17.7 Å². The van der Waals surface area contributed by atoms with E-state index in [0.717, 1.165) is 25.9 Å². The highest BCUT2D eigenvalue weighted by Crippen LogP contribution is 2.25. The van der Waals surface area contributed by atoms with Gasteiger partial charge in [0.05, 0.1) is 0 Å². The molecule has 1 fully saturated rings. The molecule has 0 aromatic heterocycles. The molecule has 1 aliphatic heterocycles. The van der Waals surface area contributed by atoms with Crippen LogP contribution in [0.4, 0.5) is 4.39 Å². The Kier molecular flexibility index (Phi) is 4.59. The lowest BCUT2D eigenvalue weighted by atomic mass is 9.93. The van der Waals surface area contributed by atoms with E-state index < -0.39 is 0 Å². The molecule has 1 heterocycles. The lowest BCUT2D eigenvalue weighted by molar-refractivity contribution is 0.119. The van der Waals surface area contributed by atoms with E-state index in [1.165, 1.54) is 12.1 Å². The number of hydrogen-bond acceptors (Lipinski definition) is 2. The molecule has 100 valence electrons. The number of ether oxygens (including phenoxy) is 1. The third-order valence-corrected chi connectivity index (χ3v) is 3.41.